The molecule has 5 nitrogen and oxygen atoms in total. The number of aryl methyl sites for hydroxylation is 1. The Labute approximate surface area is 144 Å². The van der Waals surface area contributed by atoms with Crippen LogP contribution in [-0.2, 0) is 6.54 Å². The van der Waals surface area contributed by atoms with Crippen LogP contribution in [0.4, 0.5) is 0 Å². The summed E-state index contributed by atoms with van der Waals surface area (Å²) in [5.74, 6) is 0.149. The minimum absolute atomic E-state index is 0.149. The van der Waals surface area contributed by atoms with Crippen molar-refractivity contribution in [1.82, 2.24) is 4.57 Å². The molecule has 0 saturated carbocycles. The van der Waals surface area contributed by atoms with E-state index < -0.39 is 0 Å². The second-order valence-electron chi connectivity index (χ2n) is 6.00. The van der Waals surface area contributed by atoms with Crippen LogP contribution in [0.5, 0.6) is 5.75 Å². The number of nitrogens with zero attached hydrogens (tertiary/aromatic N) is 4. The zero-order chi connectivity index (χ0) is 17.4. The lowest BCUT2D eigenvalue weighted by molar-refractivity contribution is 0.477. The number of nitriles is 2. The van der Waals surface area contributed by atoms with Gasteiger partial charge in [0.15, 0.2) is 0 Å². The Hall–Kier alpha value is -3.57. The van der Waals surface area contributed by atoms with Crippen molar-refractivity contribution < 1.29 is 5.11 Å². The molecule has 1 N–H and O–H groups in total. The van der Waals surface area contributed by atoms with Crippen molar-refractivity contribution in [1.29, 1.82) is 10.5 Å². The molecule has 0 amide bonds. The normalized spacial score (nSPS) is 13.0. The Bertz CT molecular complexity index is 1110. The van der Waals surface area contributed by atoms with Gasteiger partial charge in [-0.2, -0.15) is 10.5 Å². The summed E-state index contributed by atoms with van der Waals surface area (Å²) in [5, 5.41) is 29.9. The van der Waals surface area contributed by atoms with Gasteiger partial charge >= 0.3 is 0 Å². The van der Waals surface area contributed by atoms with Gasteiger partial charge in [0.25, 0.3) is 0 Å². The Balaban J connectivity index is 2.12. The molecule has 4 rings (SSSR count). The second-order valence-corrected chi connectivity index (χ2v) is 6.00. The van der Waals surface area contributed by atoms with Crippen LogP contribution < -0.4 is 0 Å². The third-order valence-electron chi connectivity index (χ3n) is 4.48. The first-order valence-electron chi connectivity index (χ1n) is 8.02. The van der Waals surface area contributed by atoms with Crippen molar-refractivity contribution in [2.75, 3.05) is 6.54 Å². The van der Waals surface area contributed by atoms with Crippen LogP contribution in [0.2, 0.25) is 0 Å². The van der Waals surface area contributed by atoms with Crippen molar-refractivity contribution in [3.8, 4) is 29.0 Å². The molecule has 1 aliphatic heterocycles. The highest BCUT2D eigenvalue weighted by atomic mass is 16.3. The maximum atomic E-state index is 10.7. The van der Waals surface area contributed by atoms with Gasteiger partial charge in [-0.05, 0) is 36.2 Å². The quantitative estimate of drug-likeness (QED) is 0.741. The largest absolute Gasteiger partial charge is 0.505 e. The monoisotopic (exact) mass is 326 g/mol. The summed E-state index contributed by atoms with van der Waals surface area (Å²) in [5.41, 5.74) is 4.25. The molecule has 2 aromatic carbocycles. The summed E-state index contributed by atoms with van der Waals surface area (Å²) in [6.07, 6.45) is 2.58. The highest BCUT2D eigenvalue weighted by molar-refractivity contribution is 6.05. The van der Waals surface area contributed by atoms with Gasteiger partial charge in [-0.25, -0.2) is 0 Å². The second kappa shape index (κ2) is 5.81. The predicted octanol–water partition coefficient (Wildman–Crippen LogP) is 3.58. The van der Waals surface area contributed by atoms with Crippen molar-refractivity contribution in [2.45, 2.75) is 13.0 Å². The Morgan fingerprint density at radius 2 is 1.92 bits per heavy atom. The Morgan fingerprint density at radius 1 is 1.08 bits per heavy atom. The zero-order valence-corrected chi connectivity index (χ0v) is 13.4. The van der Waals surface area contributed by atoms with Crippen LogP contribution in [0.3, 0.4) is 0 Å². The van der Waals surface area contributed by atoms with Crippen LogP contribution in [0.25, 0.3) is 22.0 Å². The zero-order valence-electron chi connectivity index (χ0n) is 13.4. The van der Waals surface area contributed by atoms with Gasteiger partial charge in [0.2, 0.25) is 0 Å². The molecule has 0 atom stereocenters. The maximum Gasteiger partial charge on any atom is 0.150 e. The fourth-order valence-electron chi connectivity index (χ4n) is 3.37. The highest BCUT2D eigenvalue weighted by Crippen LogP contribution is 2.39. The number of aromatic nitrogens is 1. The topological polar surface area (TPSA) is 85.1 Å². The summed E-state index contributed by atoms with van der Waals surface area (Å²) < 4.78 is 2.05. The van der Waals surface area contributed by atoms with E-state index in [1.165, 1.54) is 0 Å². The van der Waals surface area contributed by atoms with E-state index in [0.717, 1.165) is 36.2 Å². The molecule has 1 aromatic heterocycles. The molecule has 0 radical (unpaired) electrons. The molecule has 5 heteroatoms. The van der Waals surface area contributed by atoms with Crippen molar-refractivity contribution >= 4 is 17.1 Å². The van der Waals surface area contributed by atoms with E-state index in [9.17, 15) is 15.6 Å². The van der Waals surface area contributed by atoms with Crippen LogP contribution in [0.15, 0.2) is 41.4 Å². The maximum absolute atomic E-state index is 10.7. The number of rotatable bonds is 1. The molecule has 0 aliphatic carbocycles. The van der Waals surface area contributed by atoms with Gasteiger partial charge in [0.05, 0.1) is 28.8 Å². The first kappa shape index (κ1) is 15.0. The summed E-state index contributed by atoms with van der Waals surface area (Å²) in [4.78, 5) is 4.33. The fraction of sp³-hybridized carbons (Fsp3) is 0.150. The third-order valence-corrected chi connectivity index (χ3v) is 4.48. The van der Waals surface area contributed by atoms with Gasteiger partial charge in [0, 0.05) is 30.3 Å². The van der Waals surface area contributed by atoms with Gasteiger partial charge in [-0.15, -0.1) is 0 Å². The molecule has 3 aromatic rings. The minimum atomic E-state index is 0.149. The molecule has 0 saturated heterocycles. The van der Waals surface area contributed by atoms with Crippen molar-refractivity contribution in [3.05, 3.63) is 53.2 Å². The van der Waals surface area contributed by atoms with Crippen LogP contribution >= 0.6 is 0 Å². The molecule has 1 aliphatic rings. The first-order valence-corrected chi connectivity index (χ1v) is 8.02. The number of benzene rings is 2. The molecule has 0 bridgehead atoms. The number of fused-ring (bicyclic) bond motifs is 3. The molecular formula is C20H14N4O. The van der Waals surface area contributed by atoms with E-state index >= 15 is 0 Å². The van der Waals surface area contributed by atoms with E-state index in [2.05, 4.69) is 21.7 Å². The Kier molecular flexibility index (Phi) is 3.48. The molecule has 2 heterocycles. The predicted molar refractivity (Wildman–Crippen MR) is 95.5 cm³/mol. The molecule has 25 heavy (non-hydrogen) atoms. The van der Waals surface area contributed by atoms with Crippen LogP contribution in [0, 0.1) is 22.7 Å². The van der Waals surface area contributed by atoms with Gasteiger partial charge in [0.1, 0.15) is 11.4 Å². The Morgan fingerprint density at radius 3 is 2.72 bits per heavy atom. The van der Waals surface area contributed by atoms with Crippen molar-refractivity contribution in [3.63, 3.8) is 0 Å². The first-order chi connectivity index (χ1) is 12.2. The molecule has 0 unspecified atom stereocenters. The number of aromatic hydroxyl groups is 1. The van der Waals surface area contributed by atoms with Gasteiger partial charge in [-0.3, -0.25) is 4.99 Å². The minimum Gasteiger partial charge on any atom is -0.505 e. The molecule has 120 valence electrons. The average molecular weight is 326 g/mol. The van der Waals surface area contributed by atoms with E-state index in [-0.39, 0.29) is 5.75 Å². The van der Waals surface area contributed by atoms with E-state index in [0.29, 0.717) is 22.2 Å². The lowest BCUT2D eigenvalue weighted by atomic mass is 9.98. The molecular weight excluding hydrogens is 312 g/mol. The number of aliphatic imine (C=N–C) groups is 1. The van der Waals surface area contributed by atoms with Crippen LogP contribution in [0.1, 0.15) is 23.2 Å². The van der Waals surface area contributed by atoms with E-state index in [1.807, 2.05) is 18.2 Å². The lowest BCUT2D eigenvalue weighted by Gasteiger charge is -2.11. The summed E-state index contributed by atoms with van der Waals surface area (Å²) in [6, 6.07) is 15.1. The molecule has 0 fully saturated rings. The summed E-state index contributed by atoms with van der Waals surface area (Å²) in [7, 11) is 0. The summed E-state index contributed by atoms with van der Waals surface area (Å²) in [6.45, 7) is 1.46. The number of hydrogen-bond donors (Lipinski definition) is 1. The third kappa shape index (κ3) is 2.34. The average Bonchev–Trinajstić information content (AvgIpc) is 2.83. The van der Waals surface area contributed by atoms with Crippen LogP contribution in [-0.4, -0.2) is 22.4 Å². The van der Waals surface area contributed by atoms with Gasteiger partial charge in [-0.1, -0.05) is 12.1 Å². The summed E-state index contributed by atoms with van der Waals surface area (Å²) >= 11 is 0. The fourth-order valence-corrected chi connectivity index (χ4v) is 3.37. The van der Waals surface area contributed by atoms with Crippen molar-refractivity contribution in [2.24, 2.45) is 4.99 Å². The lowest BCUT2D eigenvalue weighted by Crippen LogP contribution is -2.02. The smallest absolute Gasteiger partial charge is 0.150 e. The van der Waals surface area contributed by atoms with Gasteiger partial charge < -0.3 is 9.67 Å². The highest BCUT2D eigenvalue weighted by Gasteiger charge is 2.21. The van der Waals surface area contributed by atoms with E-state index in [1.54, 1.807) is 24.4 Å². The van der Waals surface area contributed by atoms with E-state index in [4.69, 9.17) is 0 Å². The standard InChI is InChI=1S/C20H14N4O/c21-10-13-3-1-4-15(7-13)16-8-14(11-22)9-17-19(16)24-6-2-5-23-12-18(24)20(17)25/h1,3-4,7-9,12,25H,2,5-6H2. The molecule has 0 spiro atoms. The number of hydrogen-bond acceptors (Lipinski definition) is 4. The SMILES string of the molecule is N#Cc1cccc(-c2cc(C#N)cc3c(O)c4n(c23)CCCN=C4)c1.